The number of aromatic nitrogens is 2. The number of aliphatic carboxylic acids is 1. The second-order valence-corrected chi connectivity index (χ2v) is 12.0. The van der Waals surface area contributed by atoms with Gasteiger partial charge in [0.1, 0.15) is 35.2 Å². The zero-order valence-corrected chi connectivity index (χ0v) is 21.9. The fourth-order valence-corrected chi connectivity index (χ4v) is 7.95. The van der Waals surface area contributed by atoms with Crippen molar-refractivity contribution in [2.24, 2.45) is 10.6 Å². The quantitative estimate of drug-likeness (QED) is 0.210. The summed E-state index contributed by atoms with van der Waals surface area (Å²) in [6.45, 7) is 0.0533. The number of para-hydroxylation sites is 1. The molecule has 3 atom stereocenters. The summed E-state index contributed by atoms with van der Waals surface area (Å²) in [5.41, 5.74) is 0.358. The summed E-state index contributed by atoms with van der Waals surface area (Å²) in [6, 6.07) is 6.57. The number of benzene rings is 1. The van der Waals surface area contributed by atoms with Gasteiger partial charge in [0.05, 0.1) is 4.90 Å². The Kier molecular flexibility index (Phi) is 7.14. The third-order valence-electron chi connectivity index (χ3n) is 5.69. The fourth-order valence-electron chi connectivity index (χ4n) is 3.83. The van der Waals surface area contributed by atoms with E-state index in [4.69, 9.17) is 9.57 Å². The van der Waals surface area contributed by atoms with Crippen LogP contribution in [0.3, 0.4) is 0 Å². The molecule has 2 saturated heterocycles. The SMILES string of the molecule is CON=C(C(=O)NC1C(=O)N2CC(CSc3nncs3)(C(=O)O)CS[C@H]12)C1=CSc2ccccc2O1. The van der Waals surface area contributed by atoms with Crippen LogP contribution in [0.4, 0.5) is 0 Å². The Morgan fingerprint density at radius 2 is 2.25 bits per heavy atom. The first-order chi connectivity index (χ1) is 17.4. The van der Waals surface area contributed by atoms with Gasteiger partial charge in [0.15, 0.2) is 10.1 Å². The van der Waals surface area contributed by atoms with Crippen molar-refractivity contribution in [2.45, 2.75) is 20.7 Å². The highest BCUT2D eigenvalue weighted by Crippen LogP contribution is 2.44. The molecule has 0 aliphatic carbocycles. The molecule has 0 bridgehead atoms. The molecule has 0 saturated carbocycles. The average Bonchev–Trinajstić information content (AvgIpc) is 3.42. The predicted molar refractivity (Wildman–Crippen MR) is 136 cm³/mol. The number of carbonyl (C=O) groups excluding carboxylic acids is 2. The van der Waals surface area contributed by atoms with Crippen LogP contribution >= 0.6 is 46.6 Å². The largest absolute Gasteiger partial charge is 0.481 e. The van der Waals surface area contributed by atoms with Gasteiger partial charge >= 0.3 is 5.97 Å². The van der Waals surface area contributed by atoms with E-state index in [1.807, 2.05) is 18.2 Å². The molecule has 5 rings (SSSR count). The molecule has 188 valence electrons. The van der Waals surface area contributed by atoms with Gasteiger partial charge in [0.2, 0.25) is 11.6 Å². The molecule has 11 nitrogen and oxygen atoms in total. The normalized spacial score (nSPS) is 25.0. The van der Waals surface area contributed by atoms with E-state index in [2.05, 4.69) is 20.7 Å². The van der Waals surface area contributed by atoms with Crippen LogP contribution in [0.15, 0.2) is 55.3 Å². The topological polar surface area (TPSA) is 143 Å². The fraction of sp³-hybridized carbons (Fsp3) is 0.333. The van der Waals surface area contributed by atoms with Crippen molar-refractivity contribution in [1.29, 1.82) is 0 Å². The number of thioether (sulfide) groups is 3. The Bertz CT molecular complexity index is 1260. The summed E-state index contributed by atoms with van der Waals surface area (Å²) in [6.07, 6.45) is 0. The van der Waals surface area contributed by atoms with E-state index in [-0.39, 0.29) is 40.8 Å². The molecule has 2 N–H and O–H groups in total. The first kappa shape index (κ1) is 24.9. The predicted octanol–water partition coefficient (Wildman–Crippen LogP) is 2.13. The monoisotopic (exact) mass is 565 g/mol. The summed E-state index contributed by atoms with van der Waals surface area (Å²) >= 11 is 5.36. The number of rotatable bonds is 8. The van der Waals surface area contributed by atoms with Gasteiger partial charge in [0.25, 0.3) is 5.91 Å². The smallest absolute Gasteiger partial charge is 0.313 e. The molecular weight excluding hydrogens is 547 g/mol. The van der Waals surface area contributed by atoms with Crippen LogP contribution in [-0.4, -0.2) is 80.3 Å². The van der Waals surface area contributed by atoms with Gasteiger partial charge in [-0.1, -0.05) is 52.1 Å². The summed E-state index contributed by atoms with van der Waals surface area (Å²) in [5, 5.41) is 25.5. The molecule has 1 aromatic carbocycles. The molecule has 15 heteroatoms. The van der Waals surface area contributed by atoms with Crippen LogP contribution in [-0.2, 0) is 19.2 Å². The van der Waals surface area contributed by atoms with Crippen LogP contribution in [0, 0.1) is 5.41 Å². The number of fused-ring (bicyclic) bond motifs is 2. The van der Waals surface area contributed by atoms with Gasteiger partial charge < -0.3 is 24.9 Å². The second kappa shape index (κ2) is 10.3. The van der Waals surface area contributed by atoms with Crippen LogP contribution in [0.25, 0.3) is 0 Å². The van der Waals surface area contributed by atoms with Crippen molar-refractivity contribution in [3.63, 3.8) is 0 Å². The van der Waals surface area contributed by atoms with Crippen LogP contribution in [0.5, 0.6) is 5.75 Å². The number of nitrogens with one attached hydrogen (secondary N) is 1. The molecular formula is C21H19N5O6S4. The van der Waals surface area contributed by atoms with E-state index in [0.717, 1.165) is 4.90 Å². The number of oxime groups is 1. The molecule has 3 aliphatic rings. The molecule has 3 aliphatic heterocycles. The number of hydrogen-bond donors (Lipinski definition) is 2. The van der Waals surface area contributed by atoms with Crippen LogP contribution in [0.2, 0.25) is 0 Å². The number of nitrogens with zero attached hydrogens (tertiary/aromatic N) is 4. The number of carboxylic acids is 1. The van der Waals surface area contributed by atoms with Crippen LogP contribution < -0.4 is 10.1 Å². The lowest BCUT2D eigenvalue weighted by atomic mass is 9.89. The lowest BCUT2D eigenvalue weighted by Gasteiger charge is -2.53. The van der Waals surface area contributed by atoms with E-state index in [0.29, 0.717) is 10.1 Å². The number of ether oxygens (including phenoxy) is 1. The van der Waals surface area contributed by atoms with Gasteiger partial charge in [-0.3, -0.25) is 14.4 Å². The van der Waals surface area contributed by atoms with Crippen molar-refractivity contribution < 1.29 is 29.1 Å². The molecule has 36 heavy (non-hydrogen) atoms. The number of carbonyl (C=O) groups is 3. The van der Waals surface area contributed by atoms with Crippen molar-refractivity contribution in [3.8, 4) is 5.75 Å². The third-order valence-corrected chi connectivity index (χ3v) is 10.4. The van der Waals surface area contributed by atoms with Crippen molar-refractivity contribution >= 4 is 70.1 Å². The maximum atomic E-state index is 13.1. The Hall–Kier alpha value is -2.75. The zero-order valence-electron chi connectivity index (χ0n) is 18.7. The molecule has 1 aromatic heterocycles. The lowest BCUT2D eigenvalue weighted by molar-refractivity contribution is -0.157. The highest BCUT2D eigenvalue weighted by molar-refractivity contribution is 8.02. The summed E-state index contributed by atoms with van der Waals surface area (Å²) in [7, 11) is 1.32. The molecule has 0 spiro atoms. The highest BCUT2D eigenvalue weighted by Gasteiger charge is 2.57. The Morgan fingerprint density at radius 3 is 3.00 bits per heavy atom. The summed E-state index contributed by atoms with van der Waals surface area (Å²) in [4.78, 5) is 45.5. The van der Waals surface area contributed by atoms with Gasteiger partial charge in [-0.2, -0.15) is 0 Å². The van der Waals surface area contributed by atoms with Crippen molar-refractivity contribution in [3.05, 3.63) is 40.9 Å². The second-order valence-electron chi connectivity index (χ2n) is 7.97. The lowest BCUT2D eigenvalue weighted by Crippen LogP contribution is -2.74. The number of amides is 2. The standard InChI is InChI=1S/C21H19N5O6S4/c1-31-25-14(12-6-33-13-5-3-2-4-11(13)32-12)16(27)23-15-17(28)26-7-21(19(29)30,8-34-18(15)26)9-35-20-24-22-10-36-20/h2-6,10,15,18H,7-9H2,1H3,(H,23,27)(H,29,30)/t15?,18-,21?/m1/s1. The molecule has 2 unspecified atom stereocenters. The average molecular weight is 566 g/mol. The minimum atomic E-state index is -1.13. The minimum Gasteiger partial charge on any atom is -0.481 e. The van der Waals surface area contributed by atoms with Gasteiger partial charge in [-0.05, 0) is 12.1 Å². The maximum absolute atomic E-state index is 13.1. The molecule has 2 fully saturated rings. The van der Waals surface area contributed by atoms with Crippen LogP contribution in [0.1, 0.15) is 0 Å². The Balaban J connectivity index is 1.25. The van der Waals surface area contributed by atoms with Gasteiger partial charge in [-0.25, -0.2) is 0 Å². The first-order valence-corrected chi connectivity index (χ1v) is 14.3. The summed E-state index contributed by atoms with van der Waals surface area (Å²) in [5.74, 6) is -0.605. The van der Waals surface area contributed by atoms with E-state index >= 15 is 0 Å². The zero-order chi connectivity index (χ0) is 25.3. The highest BCUT2D eigenvalue weighted by atomic mass is 32.2. The Morgan fingerprint density at radius 1 is 1.42 bits per heavy atom. The van der Waals surface area contributed by atoms with Gasteiger partial charge in [0, 0.05) is 23.5 Å². The molecule has 0 radical (unpaired) electrons. The maximum Gasteiger partial charge on any atom is 0.313 e. The number of carboxylic acid groups (broad SMARTS) is 1. The Labute approximate surface area is 222 Å². The minimum absolute atomic E-state index is 0.0533. The number of β-lactam (4-membered cyclic amide) rings is 1. The van der Waals surface area contributed by atoms with Crippen molar-refractivity contribution in [1.82, 2.24) is 20.4 Å². The summed E-state index contributed by atoms with van der Waals surface area (Å²) < 4.78 is 6.51. The molecule has 2 aromatic rings. The van der Waals surface area contributed by atoms with Gasteiger partial charge in [-0.15, -0.1) is 22.0 Å². The van der Waals surface area contributed by atoms with E-state index < -0.39 is 23.3 Å². The first-order valence-electron chi connectivity index (χ1n) is 10.5. The third kappa shape index (κ3) is 4.67. The number of hydrogen-bond acceptors (Lipinski definition) is 12. The van der Waals surface area contributed by atoms with E-state index in [9.17, 15) is 19.5 Å². The van der Waals surface area contributed by atoms with Crippen molar-refractivity contribution in [2.75, 3.05) is 25.2 Å². The molecule has 2 amide bonds. The molecule has 4 heterocycles. The van der Waals surface area contributed by atoms with E-state index in [1.54, 1.807) is 17.0 Å². The van der Waals surface area contributed by atoms with E-state index in [1.165, 1.54) is 58.6 Å².